The molecule has 2 rings (SSSR count). The van der Waals surface area contributed by atoms with Crippen molar-refractivity contribution in [2.24, 2.45) is 0 Å². The molecule has 0 saturated carbocycles. The molecular weight excluding hydrogens is 264 g/mol. The first-order chi connectivity index (χ1) is 10.1. The van der Waals surface area contributed by atoms with E-state index in [1.165, 1.54) is 6.42 Å². The largest absolute Gasteiger partial charge is 0.397 e. The first kappa shape index (κ1) is 15.6. The summed E-state index contributed by atoms with van der Waals surface area (Å²) in [6.07, 6.45) is 2.51. The van der Waals surface area contributed by atoms with Crippen molar-refractivity contribution in [1.29, 1.82) is 0 Å². The maximum atomic E-state index is 11.4. The van der Waals surface area contributed by atoms with E-state index < -0.39 is 0 Å². The van der Waals surface area contributed by atoms with Crippen LogP contribution in [0.25, 0.3) is 0 Å². The van der Waals surface area contributed by atoms with E-state index in [1.807, 2.05) is 6.07 Å². The van der Waals surface area contributed by atoms with Gasteiger partial charge in [-0.05, 0) is 43.6 Å². The van der Waals surface area contributed by atoms with Crippen molar-refractivity contribution in [1.82, 2.24) is 4.90 Å². The third-order valence-electron chi connectivity index (χ3n) is 3.90. The lowest BCUT2D eigenvalue weighted by molar-refractivity contribution is -0.116. The molecule has 21 heavy (non-hydrogen) atoms. The van der Waals surface area contributed by atoms with Crippen molar-refractivity contribution in [3.05, 3.63) is 17.7 Å². The lowest BCUT2D eigenvalue weighted by atomic mass is 10.0. The van der Waals surface area contributed by atoms with Gasteiger partial charge >= 0.3 is 0 Å². The smallest absolute Gasteiger partial charge is 0.224 e. The van der Waals surface area contributed by atoms with Crippen LogP contribution in [0.15, 0.2) is 12.1 Å². The monoisotopic (exact) mass is 290 g/mol. The summed E-state index contributed by atoms with van der Waals surface area (Å²) in [5.41, 5.74) is 9.75. The van der Waals surface area contributed by atoms with Crippen LogP contribution in [0, 0.1) is 0 Å². The molecule has 0 atom stereocenters. The van der Waals surface area contributed by atoms with Crippen molar-refractivity contribution in [2.75, 3.05) is 42.5 Å². The minimum atomic E-state index is 0.0702. The number of carbonyl (C=O) groups is 1. The van der Waals surface area contributed by atoms with Crippen LogP contribution in [0.5, 0.6) is 0 Å². The number of likely N-dealkylation sites (N-methyl/N-ethyl adjacent to an activating group) is 1. The number of nitrogens with two attached hydrogens (primary N) is 1. The van der Waals surface area contributed by atoms with E-state index in [1.54, 1.807) is 0 Å². The number of hydrogen-bond acceptors (Lipinski definition) is 4. The zero-order chi connectivity index (χ0) is 15.2. The minimum absolute atomic E-state index is 0.0702. The van der Waals surface area contributed by atoms with E-state index in [4.69, 9.17) is 5.73 Å². The van der Waals surface area contributed by atoms with E-state index in [-0.39, 0.29) is 5.91 Å². The van der Waals surface area contributed by atoms with Gasteiger partial charge in [0.2, 0.25) is 5.91 Å². The first-order valence-electron chi connectivity index (χ1n) is 7.82. The molecule has 0 fully saturated rings. The van der Waals surface area contributed by atoms with Gasteiger partial charge in [-0.2, -0.15) is 0 Å². The van der Waals surface area contributed by atoms with Crippen molar-refractivity contribution in [2.45, 2.75) is 33.1 Å². The van der Waals surface area contributed by atoms with Crippen LogP contribution >= 0.6 is 0 Å². The average Bonchev–Trinajstić information content (AvgIpc) is 2.47. The van der Waals surface area contributed by atoms with Gasteiger partial charge in [-0.3, -0.25) is 4.79 Å². The Morgan fingerprint density at radius 2 is 2.10 bits per heavy atom. The van der Waals surface area contributed by atoms with Crippen LogP contribution in [-0.2, 0) is 11.2 Å². The topological polar surface area (TPSA) is 70.4 Å². The van der Waals surface area contributed by atoms with E-state index in [0.29, 0.717) is 12.1 Å². The van der Waals surface area contributed by atoms with Crippen molar-refractivity contribution in [3.63, 3.8) is 0 Å². The number of nitrogen functional groups attached to an aromatic ring is 1. The third-order valence-corrected chi connectivity index (χ3v) is 3.90. The van der Waals surface area contributed by atoms with Crippen LogP contribution in [0.1, 0.15) is 32.3 Å². The van der Waals surface area contributed by atoms with Crippen LogP contribution in [0.4, 0.5) is 17.1 Å². The Balaban J connectivity index is 1.96. The Hall–Kier alpha value is -1.75. The van der Waals surface area contributed by atoms with Gasteiger partial charge in [0.05, 0.1) is 11.4 Å². The number of benzene rings is 1. The molecular formula is C16H26N4O. The quantitative estimate of drug-likeness (QED) is 0.674. The summed E-state index contributed by atoms with van der Waals surface area (Å²) >= 11 is 0. The number of nitrogens with zero attached hydrogens (tertiary/aromatic N) is 1. The highest BCUT2D eigenvalue weighted by Gasteiger charge is 2.16. The molecule has 1 heterocycles. The summed E-state index contributed by atoms with van der Waals surface area (Å²) in [6, 6.07) is 3.93. The molecule has 5 heteroatoms. The van der Waals surface area contributed by atoms with Gasteiger partial charge in [0, 0.05) is 25.2 Å². The maximum Gasteiger partial charge on any atom is 0.224 e. The molecule has 0 radical (unpaired) electrons. The highest BCUT2D eigenvalue weighted by Crippen LogP contribution is 2.30. The van der Waals surface area contributed by atoms with Gasteiger partial charge in [0.15, 0.2) is 0 Å². The molecule has 0 saturated heterocycles. The lowest BCUT2D eigenvalue weighted by Gasteiger charge is -2.22. The van der Waals surface area contributed by atoms with Crippen molar-refractivity contribution >= 4 is 23.0 Å². The van der Waals surface area contributed by atoms with Gasteiger partial charge in [0.25, 0.3) is 0 Å². The fourth-order valence-corrected chi connectivity index (χ4v) is 2.69. The highest BCUT2D eigenvalue weighted by atomic mass is 16.1. The number of rotatable bonds is 7. The zero-order valence-electron chi connectivity index (χ0n) is 13.0. The van der Waals surface area contributed by atoms with E-state index >= 15 is 0 Å². The molecule has 0 aromatic heterocycles. The number of anilines is 3. The lowest BCUT2D eigenvalue weighted by Crippen LogP contribution is -2.29. The summed E-state index contributed by atoms with van der Waals surface area (Å²) in [5.74, 6) is 0.0702. The zero-order valence-corrected chi connectivity index (χ0v) is 13.0. The summed E-state index contributed by atoms with van der Waals surface area (Å²) in [4.78, 5) is 13.8. The Morgan fingerprint density at radius 1 is 1.29 bits per heavy atom. The van der Waals surface area contributed by atoms with Crippen LogP contribution in [0.3, 0.4) is 0 Å². The fraction of sp³-hybridized carbons (Fsp3) is 0.562. The number of nitrogens with one attached hydrogen (secondary N) is 2. The fourth-order valence-electron chi connectivity index (χ4n) is 2.69. The van der Waals surface area contributed by atoms with Gasteiger partial charge in [-0.25, -0.2) is 0 Å². The van der Waals surface area contributed by atoms with E-state index in [2.05, 4.69) is 35.4 Å². The normalized spacial score (nSPS) is 14.0. The number of hydrogen-bond donors (Lipinski definition) is 3. The molecule has 1 amide bonds. The van der Waals surface area contributed by atoms with Gasteiger partial charge in [0.1, 0.15) is 0 Å². The molecule has 0 bridgehead atoms. The molecule has 0 aliphatic carbocycles. The molecule has 1 aliphatic rings. The van der Waals surface area contributed by atoms with Gasteiger partial charge in [-0.1, -0.05) is 13.8 Å². The Bertz CT molecular complexity index is 501. The highest BCUT2D eigenvalue weighted by molar-refractivity contribution is 5.95. The van der Waals surface area contributed by atoms with E-state index in [9.17, 15) is 4.79 Å². The van der Waals surface area contributed by atoms with Crippen LogP contribution in [0.2, 0.25) is 0 Å². The molecule has 5 nitrogen and oxygen atoms in total. The van der Waals surface area contributed by atoms with Crippen LogP contribution < -0.4 is 16.4 Å². The molecule has 116 valence electrons. The van der Waals surface area contributed by atoms with Crippen molar-refractivity contribution in [3.8, 4) is 0 Å². The second-order valence-electron chi connectivity index (χ2n) is 5.51. The SMILES string of the molecule is CCCN(CC)CCNc1cc2c(cc1N)NC(=O)CC2. The van der Waals surface area contributed by atoms with Gasteiger partial charge < -0.3 is 21.3 Å². The Kier molecular flexibility index (Phi) is 5.44. The van der Waals surface area contributed by atoms with Crippen molar-refractivity contribution < 1.29 is 4.79 Å². The van der Waals surface area contributed by atoms with E-state index in [0.717, 1.165) is 49.5 Å². The summed E-state index contributed by atoms with van der Waals surface area (Å²) < 4.78 is 0. The molecule has 4 N–H and O–H groups in total. The predicted molar refractivity (Wildman–Crippen MR) is 88.7 cm³/mol. The number of fused-ring (bicyclic) bond motifs is 1. The minimum Gasteiger partial charge on any atom is -0.397 e. The molecule has 1 aromatic carbocycles. The Labute approximate surface area is 126 Å². The molecule has 0 spiro atoms. The third kappa shape index (κ3) is 4.11. The predicted octanol–water partition coefficient (Wildman–Crippen LogP) is 2.30. The summed E-state index contributed by atoms with van der Waals surface area (Å²) in [6.45, 7) is 8.48. The van der Waals surface area contributed by atoms with Crippen LogP contribution in [-0.4, -0.2) is 37.0 Å². The molecule has 1 aliphatic heterocycles. The second-order valence-corrected chi connectivity index (χ2v) is 5.51. The maximum absolute atomic E-state index is 11.4. The van der Waals surface area contributed by atoms with Gasteiger partial charge in [-0.15, -0.1) is 0 Å². The number of amides is 1. The molecule has 1 aromatic rings. The first-order valence-corrected chi connectivity index (χ1v) is 7.82. The number of aryl methyl sites for hydroxylation is 1. The Morgan fingerprint density at radius 3 is 2.81 bits per heavy atom. The summed E-state index contributed by atoms with van der Waals surface area (Å²) in [7, 11) is 0. The number of carbonyl (C=O) groups excluding carboxylic acids is 1. The molecule has 0 unspecified atom stereocenters. The standard InChI is InChI=1S/C16H26N4O/c1-3-8-20(4-2)9-7-18-15-10-12-5-6-16(21)19-14(12)11-13(15)17/h10-11,18H,3-9,17H2,1-2H3,(H,19,21). The summed E-state index contributed by atoms with van der Waals surface area (Å²) in [5, 5.41) is 6.29. The average molecular weight is 290 g/mol. The second kappa shape index (κ2) is 7.31.